The van der Waals surface area contributed by atoms with Gasteiger partial charge in [-0.25, -0.2) is 0 Å². The zero-order valence-corrected chi connectivity index (χ0v) is 19.0. The summed E-state index contributed by atoms with van der Waals surface area (Å²) in [5.74, 6) is 0.776. The smallest absolute Gasteiger partial charge is 0.222 e. The zero-order valence-electron chi connectivity index (χ0n) is 16.6. The van der Waals surface area contributed by atoms with Crippen molar-refractivity contribution >= 4 is 35.8 Å². The van der Waals surface area contributed by atoms with Crippen LogP contribution < -0.4 is 16.0 Å². The van der Waals surface area contributed by atoms with Crippen molar-refractivity contribution in [1.82, 2.24) is 16.0 Å². The van der Waals surface area contributed by atoms with E-state index < -0.39 is 0 Å². The molecule has 0 spiro atoms. The van der Waals surface area contributed by atoms with Gasteiger partial charge in [0, 0.05) is 45.8 Å². The Kier molecular flexibility index (Phi) is 17.1. The molecule has 0 unspecified atom stereocenters. The molecule has 154 valence electrons. The van der Waals surface area contributed by atoms with Crippen LogP contribution in [0.3, 0.4) is 0 Å². The highest BCUT2D eigenvalue weighted by Crippen LogP contribution is 1.97. The number of nitrogens with zero attached hydrogens (tertiary/aromatic N) is 1. The maximum Gasteiger partial charge on any atom is 0.222 e. The highest BCUT2D eigenvalue weighted by atomic mass is 127. The lowest BCUT2D eigenvalue weighted by molar-refractivity contribution is -0.121. The van der Waals surface area contributed by atoms with Crippen molar-refractivity contribution in [2.24, 2.45) is 4.99 Å². The number of benzene rings is 1. The fourth-order valence-electron chi connectivity index (χ4n) is 2.23. The standard InChI is InChI=1S/C20H34N4O2.HI/c1-3-5-15-26-16-9-13-22-20(21-4-2)23-14-12-19(25)24-17-18-10-7-6-8-11-18;/h6-8,10-11H,3-5,9,12-17H2,1-2H3,(H,24,25)(H2,21,22,23);1H. The summed E-state index contributed by atoms with van der Waals surface area (Å²) in [7, 11) is 0. The predicted octanol–water partition coefficient (Wildman–Crippen LogP) is 3.07. The second kappa shape index (κ2) is 18.0. The summed E-state index contributed by atoms with van der Waals surface area (Å²) in [5.41, 5.74) is 1.10. The zero-order chi connectivity index (χ0) is 18.9. The molecule has 0 aliphatic carbocycles. The number of aliphatic imine (C=N–C) groups is 1. The predicted molar refractivity (Wildman–Crippen MR) is 123 cm³/mol. The maximum absolute atomic E-state index is 11.9. The number of nitrogens with one attached hydrogen (secondary N) is 3. The van der Waals surface area contributed by atoms with Crippen molar-refractivity contribution < 1.29 is 9.53 Å². The number of amides is 1. The maximum atomic E-state index is 11.9. The van der Waals surface area contributed by atoms with Gasteiger partial charge >= 0.3 is 0 Å². The Morgan fingerprint density at radius 1 is 1.04 bits per heavy atom. The number of hydrogen-bond donors (Lipinski definition) is 3. The molecule has 1 rings (SSSR count). The van der Waals surface area contributed by atoms with Gasteiger partial charge in [0.15, 0.2) is 5.96 Å². The number of halogens is 1. The van der Waals surface area contributed by atoms with Crippen LogP contribution in [0.25, 0.3) is 0 Å². The summed E-state index contributed by atoms with van der Waals surface area (Å²) in [4.78, 5) is 16.4. The molecule has 0 aliphatic rings. The molecule has 27 heavy (non-hydrogen) atoms. The molecule has 0 saturated carbocycles. The number of guanidine groups is 1. The van der Waals surface area contributed by atoms with Crippen LogP contribution in [0.15, 0.2) is 35.3 Å². The molecular formula is C20H35IN4O2. The normalized spacial score (nSPS) is 10.8. The van der Waals surface area contributed by atoms with E-state index in [1.165, 1.54) is 0 Å². The van der Waals surface area contributed by atoms with Crippen LogP contribution in [-0.4, -0.2) is 44.7 Å². The summed E-state index contributed by atoms with van der Waals surface area (Å²) in [6, 6.07) is 9.91. The van der Waals surface area contributed by atoms with Crippen LogP contribution in [0.4, 0.5) is 0 Å². The Labute approximate surface area is 181 Å². The molecule has 0 radical (unpaired) electrons. The third-order valence-corrected chi connectivity index (χ3v) is 3.68. The van der Waals surface area contributed by atoms with E-state index in [0.717, 1.165) is 50.5 Å². The van der Waals surface area contributed by atoms with Crippen LogP contribution in [0.2, 0.25) is 0 Å². The van der Waals surface area contributed by atoms with Gasteiger partial charge in [-0.15, -0.1) is 24.0 Å². The number of unbranched alkanes of at least 4 members (excludes halogenated alkanes) is 1. The highest BCUT2D eigenvalue weighted by molar-refractivity contribution is 14.0. The molecule has 0 heterocycles. The molecule has 0 fully saturated rings. The van der Waals surface area contributed by atoms with Crippen LogP contribution in [-0.2, 0) is 16.1 Å². The molecular weight excluding hydrogens is 455 g/mol. The van der Waals surface area contributed by atoms with Gasteiger partial charge in [-0.2, -0.15) is 0 Å². The molecule has 0 aromatic heterocycles. The minimum atomic E-state index is 0. The van der Waals surface area contributed by atoms with Gasteiger partial charge < -0.3 is 20.7 Å². The fourth-order valence-corrected chi connectivity index (χ4v) is 2.23. The average Bonchev–Trinajstić information content (AvgIpc) is 2.66. The molecule has 7 heteroatoms. The lowest BCUT2D eigenvalue weighted by atomic mass is 10.2. The molecule has 3 N–H and O–H groups in total. The summed E-state index contributed by atoms with van der Waals surface area (Å²) in [6.45, 7) is 8.37. The van der Waals surface area contributed by atoms with E-state index >= 15 is 0 Å². The van der Waals surface area contributed by atoms with Gasteiger partial charge in [-0.1, -0.05) is 43.7 Å². The highest BCUT2D eigenvalue weighted by Gasteiger charge is 2.02. The number of carbonyl (C=O) groups excluding carboxylic acids is 1. The molecule has 1 aromatic rings. The Morgan fingerprint density at radius 3 is 2.48 bits per heavy atom. The first-order valence-electron chi connectivity index (χ1n) is 9.66. The summed E-state index contributed by atoms with van der Waals surface area (Å²) < 4.78 is 5.53. The first-order chi connectivity index (χ1) is 12.8. The average molecular weight is 490 g/mol. The third kappa shape index (κ3) is 14.4. The van der Waals surface area contributed by atoms with Crippen LogP contribution in [0, 0.1) is 0 Å². The van der Waals surface area contributed by atoms with Gasteiger partial charge in [-0.3, -0.25) is 9.79 Å². The van der Waals surface area contributed by atoms with Crippen LogP contribution in [0.5, 0.6) is 0 Å². The van der Waals surface area contributed by atoms with Gasteiger partial charge in [0.1, 0.15) is 0 Å². The van der Waals surface area contributed by atoms with Gasteiger partial charge in [-0.05, 0) is 25.3 Å². The van der Waals surface area contributed by atoms with Crippen LogP contribution in [0.1, 0.15) is 45.1 Å². The Hall–Kier alpha value is -1.35. The second-order valence-electron chi connectivity index (χ2n) is 6.02. The minimum Gasteiger partial charge on any atom is -0.381 e. The Bertz CT molecular complexity index is 512. The Balaban J connectivity index is 0.00000676. The van der Waals surface area contributed by atoms with Gasteiger partial charge in [0.05, 0.1) is 0 Å². The van der Waals surface area contributed by atoms with E-state index in [0.29, 0.717) is 26.1 Å². The SMILES string of the molecule is CCCCOCCCN=C(NCC)NCCC(=O)NCc1ccccc1.I. The molecule has 0 bridgehead atoms. The number of hydrogen-bond acceptors (Lipinski definition) is 3. The quantitative estimate of drug-likeness (QED) is 0.172. The summed E-state index contributed by atoms with van der Waals surface area (Å²) >= 11 is 0. The molecule has 0 atom stereocenters. The Morgan fingerprint density at radius 2 is 1.78 bits per heavy atom. The number of carbonyl (C=O) groups is 1. The second-order valence-corrected chi connectivity index (χ2v) is 6.02. The fraction of sp³-hybridized carbons (Fsp3) is 0.600. The lowest BCUT2D eigenvalue weighted by Gasteiger charge is -2.11. The minimum absolute atomic E-state index is 0. The van der Waals surface area contributed by atoms with Crippen LogP contribution >= 0.6 is 24.0 Å². The molecule has 1 amide bonds. The largest absolute Gasteiger partial charge is 0.381 e. The molecule has 6 nitrogen and oxygen atoms in total. The molecule has 0 aliphatic heterocycles. The summed E-state index contributed by atoms with van der Waals surface area (Å²) in [6.07, 6.45) is 3.58. The van der Waals surface area contributed by atoms with Gasteiger partial charge in [0.2, 0.25) is 5.91 Å². The van der Waals surface area contributed by atoms with Crippen molar-refractivity contribution in [3.8, 4) is 0 Å². The van der Waals surface area contributed by atoms with Crippen molar-refractivity contribution in [2.75, 3.05) is 32.8 Å². The third-order valence-electron chi connectivity index (χ3n) is 3.68. The molecule has 1 aromatic carbocycles. The first-order valence-corrected chi connectivity index (χ1v) is 9.66. The van der Waals surface area contributed by atoms with E-state index in [-0.39, 0.29) is 29.9 Å². The topological polar surface area (TPSA) is 74.8 Å². The van der Waals surface area contributed by atoms with Crippen molar-refractivity contribution in [1.29, 1.82) is 0 Å². The van der Waals surface area contributed by atoms with E-state index in [2.05, 4.69) is 27.9 Å². The van der Waals surface area contributed by atoms with E-state index in [1.54, 1.807) is 0 Å². The van der Waals surface area contributed by atoms with Crippen molar-refractivity contribution in [3.63, 3.8) is 0 Å². The van der Waals surface area contributed by atoms with E-state index in [4.69, 9.17) is 4.74 Å². The van der Waals surface area contributed by atoms with Crippen molar-refractivity contribution in [2.45, 2.75) is 46.1 Å². The van der Waals surface area contributed by atoms with Gasteiger partial charge in [0.25, 0.3) is 0 Å². The van der Waals surface area contributed by atoms with E-state index in [9.17, 15) is 4.79 Å². The number of rotatable bonds is 13. The van der Waals surface area contributed by atoms with Crippen molar-refractivity contribution in [3.05, 3.63) is 35.9 Å². The first kappa shape index (κ1) is 25.6. The number of ether oxygens (including phenoxy) is 1. The monoisotopic (exact) mass is 490 g/mol. The summed E-state index contributed by atoms with van der Waals surface area (Å²) in [5, 5.41) is 9.32. The lowest BCUT2D eigenvalue weighted by Crippen LogP contribution is -2.39. The van der Waals surface area contributed by atoms with E-state index in [1.807, 2.05) is 37.3 Å². The molecule has 0 saturated heterocycles.